The summed E-state index contributed by atoms with van der Waals surface area (Å²) >= 11 is 26.5. The molecular weight excluding hydrogens is 503 g/mol. The van der Waals surface area contributed by atoms with E-state index in [4.69, 9.17) is 62.7 Å². The Kier molecular flexibility index (Phi) is 11.4. The fourth-order valence-corrected chi connectivity index (χ4v) is 5.37. The summed E-state index contributed by atoms with van der Waals surface area (Å²) < 4.78 is 4.62. The molecule has 0 aromatic carbocycles. The average Bonchev–Trinajstić information content (AvgIpc) is 2.90. The van der Waals surface area contributed by atoms with Crippen LogP contribution in [0.5, 0.6) is 0 Å². The molecule has 10 heteroatoms. The topological polar surface area (TPSA) is 16.3 Å². The number of imidazole rings is 1. The third kappa shape index (κ3) is 5.98. The third-order valence-corrected chi connectivity index (χ3v) is 6.49. The molecule has 1 aliphatic heterocycles. The maximum absolute atomic E-state index is 5.35. The van der Waals surface area contributed by atoms with Gasteiger partial charge in [-0.25, -0.2) is 0 Å². The van der Waals surface area contributed by atoms with Gasteiger partial charge in [0.2, 0.25) is 0 Å². The van der Waals surface area contributed by atoms with Crippen LogP contribution < -0.4 is 0 Å². The van der Waals surface area contributed by atoms with Gasteiger partial charge >= 0.3 is 0 Å². The minimum Gasteiger partial charge on any atom is -0.762 e. The number of hydrogen-bond donors (Lipinski definition) is 0. The van der Waals surface area contributed by atoms with E-state index < -0.39 is 0 Å². The zero-order valence-corrected chi connectivity index (χ0v) is 23.2. The molecule has 0 aliphatic carbocycles. The Hall–Kier alpha value is -0.116. The summed E-state index contributed by atoms with van der Waals surface area (Å²) in [5.41, 5.74) is 0. The average molecular weight is 534 g/mol. The Morgan fingerprint density at radius 2 is 0.931 bits per heavy atom. The van der Waals surface area contributed by atoms with Crippen LogP contribution in [0.1, 0.15) is 67.5 Å². The van der Waals surface area contributed by atoms with Crippen LogP contribution in [0, 0.1) is 4.77 Å². The first-order valence-electron chi connectivity index (χ1n) is 9.31. The molecule has 0 saturated heterocycles. The quantitative estimate of drug-likeness (QED) is 0.300. The maximum atomic E-state index is 5.35. The second-order valence-corrected chi connectivity index (χ2v) is 9.69. The largest absolute Gasteiger partial charge is 0.762 e. The van der Waals surface area contributed by atoms with Crippen LogP contribution in [0.15, 0.2) is 32.5 Å². The summed E-state index contributed by atoms with van der Waals surface area (Å²) in [6.07, 6.45) is 0. The fourth-order valence-electron chi connectivity index (χ4n) is 3.03. The van der Waals surface area contributed by atoms with Gasteiger partial charge in [0.15, 0.2) is 4.77 Å². The Balaban J connectivity index is 0.000000523. The molecule has 170 valence electrons. The summed E-state index contributed by atoms with van der Waals surface area (Å²) in [6.45, 7) is 20.6. The smallest absolute Gasteiger partial charge is 0.177 e. The van der Waals surface area contributed by atoms with Crippen molar-refractivity contribution in [3.63, 3.8) is 0 Å². The predicted octanol–water partition coefficient (Wildman–Crippen LogP) is 5.10. The molecule has 0 saturated carbocycles. The first-order chi connectivity index (χ1) is 12.7. The van der Waals surface area contributed by atoms with Crippen molar-refractivity contribution in [2.75, 3.05) is 0 Å². The van der Waals surface area contributed by atoms with Gasteiger partial charge in [0, 0.05) is 40.7 Å². The fraction of sp³-hybridized carbons (Fsp3) is 0.632. The van der Waals surface area contributed by atoms with E-state index >= 15 is 0 Å². The van der Waals surface area contributed by atoms with Crippen molar-refractivity contribution in [3.05, 3.63) is 27.2 Å². The van der Waals surface area contributed by atoms with Crippen LogP contribution in [0.4, 0.5) is 0 Å². The summed E-state index contributed by atoms with van der Waals surface area (Å²) in [7, 11) is 0. The van der Waals surface area contributed by atoms with Crippen LogP contribution in [-0.4, -0.2) is 31.0 Å². The predicted molar refractivity (Wildman–Crippen MR) is 130 cm³/mol. The Labute approximate surface area is 213 Å². The van der Waals surface area contributed by atoms with Gasteiger partial charge in [0.1, 0.15) is 5.82 Å². The van der Waals surface area contributed by atoms with E-state index in [1.165, 1.54) is 0 Å². The minimum atomic E-state index is 0. The van der Waals surface area contributed by atoms with E-state index in [1.807, 2.05) is 18.9 Å². The van der Waals surface area contributed by atoms with Gasteiger partial charge in [-0.15, -0.1) is 20.1 Å². The molecule has 0 N–H and O–H groups in total. The van der Waals surface area contributed by atoms with Gasteiger partial charge in [-0.1, -0.05) is 6.58 Å². The molecule has 2 heterocycles. The second-order valence-electron chi connectivity index (χ2n) is 7.77. The van der Waals surface area contributed by atoms with Crippen LogP contribution in [0.3, 0.4) is 0 Å². The van der Waals surface area contributed by atoms with Crippen molar-refractivity contribution < 1.29 is 16.5 Å². The van der Waals surface area contributed by atoms with E-state index in [9.17, 15) is 0 Å². The number of aromatic nitrogens is 2. The van der Waals surface area contributed by atoms with E-state index in [0.29, 0.717) is 22.1 Å². The van der Waals surface area contributed by atoms with Gasteiger partial charge in [-0.2, -0.15) is 0 Å². The summed E-state index contributed by atoms with van der Waals surface area (Å²) in [6, 6.07) is 1.18. The summed E-state index contributed by atoms with van der Waals surface area (Å²) in [5, 5.41) is 2.84. The van der Waals surface area contributed by atoms with Gasteiger partial charge in [-0.05, 0) is 67.6 Å². The Morgan fingerprint density at radius 3 is 1.07 bits per heavy atom. The molecule has 1 aromatic rings. The van der Waals surface area contributed by atoms with Crippen LogP contribution in [0.25, 0.3) is 0 Å². The van der Waals surface area contributed by atoms with Crippen molar-refractivity contribution in [1.29, 1.82) is 0 Å². The summed E-state index contributed by atoms with van der Waals surface area (Å²) in [4.78, 5) is 4.02. The molecule has 2 rings (SSSR count). The zero-order valence-electron chi connectivity index (χ0n) is 18.2. The molecule has 0 spiro atoms. The van der Waals surface area contributed by atoms with E-state index in [-0.39, 0.29) is 28.6 Å². The second kappa shape index (κ2) is 11.5. The van der Waals surface area contributed by atoms with Crippen molar-refractivity contribution in [1.82, 2.24) is 18.9 Å². The molecule has 0 unspecified atom stereocenters. The zero-order chi connectivity index (χ0) is 22.1. The van der Waals surface area contributed by atoms with E-state index in [2.05, 4.69) is 62.0 Å². The molecule has 4 nitrogen and oxygen atoms in total. The van der Waals surface area contributed by atoms with Crippen LogP contribution in [-0.2, 0) is 67.0 Å². The third-order valence-electron chi connectivity index (χ3n) is 4.28. The van der Waals surface area contributed by atoms with E-state index in [1.54, 1.807) is 0 Å². The Bertz CT molecular complexity index is 748. The number of rotatable bonds is 4. The first kappa shape index (κ1) is 28.9. The van der Waals surface area contributed by atoms with Gasteiger partial charge < -0.3 is 69.4 Å². The molecule has 0 atom stereocenters. The van der Waals surface area contributed by atoms with Gasteiger partial charge in [0.05, 0.1) is 0 Å². The minimum absolute atomic E-state index is 0. The first-order valence-corrected chi connectivity index (χ1v) is 11.4. The number of nitrogens with zero attached hydrogens (tertiary/aromatic N) is 4. The van der Waals surface area contributed by atoms with Crippen molar-refractivity contribution in [2.45, 2.75) is 89.6 Å². The molecular formula is C19H30N4NiS5-4. The maximum Gasteiger partial charge on any atom is 0.177 e. The molecule has 0 bridgehead atoms. The molecule has 1 aromatic heterocycles. The molecule has 1 aliphatic rings. The molecule has 0 amide bonds. The molecule has 0 fully saturated rings. The van der Waals surface area contributed by atoms with Gasteiger partial charge in [0.25, 0.3) is 0 Å². The van der Waals surface area contributed by atoms with Crippen LogP contribution >= 0.6 is 12.2 Å². The summed E-state index contributed by atoms with van der Waals surface area (Å²) in [5.74, 6) is 0.907. The molecule has 29 heavy (non-hydrogen) atoms. The monoisotopic (exact) mass is 532 g/mol. The van der Waals surface area contributed by atoms with Crippen molar-refractivity contribution in [3.8, 4) is 0 Å². The van der Waals surface area contributed by atoms with E-state index in [0.717, 1.165) is 20.7 Å². The standard InChI is InChI=1S/C10H18N2S2.C9H16N2S3.Ni/c1-6(2)11-8(5)12(7(3)4)10(14)9(11)13;1-5(2)10-7(12)8(13)11(6(3)4)9(10)14;/h6-7,13-14H,5H2,1-4H3;5-6,12-13H,1-4H3;/p-4. The Morgan fingerprint density at radius 1 is 0.655 bits per heavy atom. The van der Waals surface area contributed by atoms with Crippen molar-refractivity contribution >= 4 is 62.7 Å². The van der Waals surface area contributed by atoms with Crippen LogP contribution in [0.2, 0.25) is 0 Å². The normalized spacial score (nSPS) is 14.3. The number of hydrogen-bond acceptors (Lipinski definition) is 7. The van der Waals surface area contributed by atoms with Gasteiger partial charge in [-0.3, -0.25) is 0 Å². The SMILES string of the molecule is C=C1N(C(C)C)C([S-])=C([S-])N1C(C)C.CC(C)n1c([S-])c([S-])n(C(C)C)c1=S.[Ni]. The van der Waals surface area contributed by atoms with Crippen molar-refractivity contribution in [2.24, 2.45) is 0 Å². The molecule has 0 radical (unpaired) electrons.